The van der Waals surface area contributed by atoms with Gasteiger partial charge in [0.2, 0.25) is 0 Å². The molecule has 100 valence electrons. The summed E-state index contributed by atoms with van der Waals surface area (Å²) in [7, 11) is 2.16. The van der Waals surface area contributed by atoms with Crippen LogP contribution in [0.2, 0.25) is 0 Å². The first-order valence-corrected chi connectivity index (χ1v) is 8.03. The zero-order valence-corrected chi connectivity index (χ0v) is 13.2. The van der Waals surface area contributed by atoms with E-state index in [1.165, 1.54) is 5.56 Å². The number of thiazole rings is 1. The smallest absolute Gasteiger partial charge is 0.123 e. The van der Waals surface area contributed by atoms with Gasteiger partial charge in [0.15, 0.2) is 0 Å². The normalized spacial score (nSPS) is 20.6. The van der Waals surface area contributed by atoms with E-state index in [0.29, 0.717) is 6.04 Å². The molecule has 1 saturated heterocycles. The number of halogens is 1. The van der Waals surface area contributed by atoms with Gasteiger partial charge in [0.1, 0.15) is 5.01 Å². The zero-order valence-electron chi connectivity index (χ0n) is 10.8. The van der Waals surface area contributed by atoms with Gasteiger partial charge in [-0.2, -0.15) is 0 Å². The van der Waals surface area contributed by atoms with Crippen LogP contribution in [0, 0.1) is 0 Å². The van der Waals surface area contributed by atoms with Crippen molar-refractivity contribution in [3.05, 3.63) is 39.8 Å². The van der Waals surface area contributed by atoms with Crippen molar-refractivity contribution in [2.45, 2.75) is 6.04 Å². The first-order valence-electron chi connectivity index (χ1n) is 6.35. The molecular formula is C14H16BrN3S. The highest BCUT2D eigenvalue weighted by molar-refractivity contribution is 9.10. The number of nitrogens with one attached hydrogen (secondary N) is 1. The Hall–Kier alpha value is -0.750. The minimum absolute atomic E-state index is 0.357. The number of rotatable bonds is 2. The van der Waals surface area contributed by atoms with E-state index in [2.05, 4.69) is 50.7 Å². The Morgan fingerprint density at radius 3 is 3.16 bits per heavy atom. The SMILES string of the molecule is CN1CCNC(c2csc(-c3cccc(Br)c3)n2)C1. The van der Waals surface area contributed by atoms with Crippen molar-refractivity contribution in [1.82, 2.24) is 15.2 Å². The van der Waals surface area contributed by atoms with Crippen LogP contribution in [0.15, 0.2) is 34.1 Å². The van der Waals surface area contributed by atoms with E-state index in [-0.39, 0.29) is 0 Å². The topological polar surface area (TPSA) is 28.2 Å². The maximum absolute atomic E-state index is 4.79. The van der Waals surface area contributed by atoms with E-state index in [9.17, 15) is 0 Å². The molecule has 3 rings (SSSR count). The fourth-order valence-electron chi connectivity index (χ4n) is 2.30. The Labute approximate surface area is 125 Å². The Morgan fingerprint density at radius 2 is 2.37 bits per heavy atom. The lowest BCUT2D eigenvalue weighted by Crippen LogP contribution is -2.43. The molecule has 1 N–H and O–H groups in total. The Morgan fingerprint density at radius 1 is 1.47 bits per heavy atom. The zero-order chi connectivity index (χ0) is 13.2. The Bertz CT molecular complexity index is 569. The summed E-state index contributed by atoms with van der Waals surface area (Å²) in [6.45, 7) is 3.17. The molecule has 3 nitrogen and oxygen atoms in total. The molecule has 1 unspecified atom stereocenters. The van der Waals surface area contributed by atoms with Crippen molar-refractivity contribution in [3.63, 3.8) is 0 Å². The third kappa shape index (κ3) is 3.05. The fourth-order valence-corrected chi connectivity index (χ4v) is 3.57. The Balaban J connectivity index is 1.83. The third-order valence-electron chi connectivity index (χ3n) is 3.33. The summed E-state index contributed by atoms with van der Waals surface area (Å²) in [4.78, 5) is 7.13. The molecule has 0 bridgehead atoms. The summed E-state index contributed by atoms with van der Waals surface area (Å²) in [5.41, 5.74) is 2.33. The van der Waals surface area contributed by atoms with Crippen LogP contribution in [-0.4, -0.2) is 36.6 Å². The summed E-state index contributed by atoms with van der Waals surface area (Å²) in [5.74, 6) is 0. The summed E-state index contributed by atoms with van der Waals surface area (Å²) in [6, 6.07) is 8.66. The van der Waals surface area contributed by atoms with E-state index in [0.717, 1.165) is 34.8 Å². The van der Waals surface area contributed by atoms with Gasteiger partial charge in [-0.05, 0) is 19.2 Å². The molecule has 0 saturated carbocycles. The van der Waals surface area contributed by atoms with E-state index in [1.807, 2.05) is 12.1 Å². The lowest BCUT2D eigenvalue weighted by atomic mass is 10.1. The van der Waals surface area contributed by atoms with E-state index in [4.69, 9.17) is 4.98 Å². The molecule has 1 aliphatic rings. The maximum Gasteiger partial charge on any atom is 0.123 e. The molecule has 0 spiro atoms. The van der Waals surface area contributed by atoms with Gasteiger partial charge in [-0.25, -0.2) is 4.98 Å². The van der Waals surface area contributed by atoms with Gasteiger partial charge in [-0.15, -0.1) is 11.3 Å². The highest BCUT2D eigenvalue weighted by Gasteiger charge is 2.20. The van der Waals surface area contributed by atoms with Crippen LogP contribution in [0.5, 0.6) is 0 Å². The van der Waals surface area contributed by atoms with Gasteiger partial charge in [0, 0.05) is 35.1 Å². The van der Waals surface area contributed by atoms with Gasteiger partial charge in [0.05, 0.1) is 11.7 Å². The lowest BCUT2D eigenvalue weighted by Gasteiger charge is -2.29. The highest BCUT2D eigenvalue weighted by Crippen LogP contribution is 2.28. The molecule has 1 fully saturated rings. The molecule has 0 radical (unpaired) electrons. The van der Waals surface area contributed by atoms with Crippen molar-refractivity contribution < 1.29 is 0 Å². The van der Waals surface area contributed by atoms with Crippen LogP contribution in [0.3, 0.4) is 0 Å². The number of hydrogen-bond donors (Lipinski definition) is 1. The second kappa shape index (κ2) is 5.71. The minimum atomic E-state index is 0.357. The largest absolute Gasteiger partial charge is 0.306 e. The summed E-state index contributed by atoms with van der Waals surface area (Å²) in [6.07, 6.45) is 0. The van der Waals surface area contributed by atoms with Crippen molar-refractivity contribution in [2.75, 3.05) is 26.7 Å². The number of hydrogen-bond acceptors (Lipinski definition) is 4. The molecule has 1 aromatic heterocycles. The first-order chi connectivity index (χ1) is 9.22. The third-order valence-corrected chi connectivity index (χ3v) is 4.73. The maximum atomic E-state index is 4.79. The van der Waals surface area contributed by atoms with Crippen LogP contribution in [0.1, 0.15) is 11.7 Å². The molecule has 2 heterocycles. The molecule has 1 aliphatic heterocycles. The average Bonchev–Trinajstić information content (AvgIpc) is 2.88. The van der Waals surface area contributed by atoms with Gasteiger partial charge in [-0.1, -0.05) is 28.1 Å². The van der Waals surface area contributed by atoms with Gasteiger partial charge < -0.3 is 10.2 Å². The summed E-state index contributed by atoms with van der Waals surface area (Å²) >= 11 is 5.22. The Kier molecular flexibility index (Phi) is 3.98. The van der Waals surface area contributed by atoms with E-state index >= 15 is 0 Å². The van der Waals surface area contributed by atoms with Crippen LogP contribution >= 0.6 is 27.3 Å². The second-order valence-corrected chi connectivity index (χ2v) is 6.63. The van der Waals surface area contributed by atoms with Crippen molar-refractivity contribution in [2.24, 2.45) is 0 Å². The van der Waals surface area contributed by atoms with Crippen molar-refractivity contribution in [3.8, 4) is 10.6 Å². The lowest BCUT2D eigenvalue weighted by molar-refractivity contribution is 0.238. The summed E-state index contributed by atoms with van der Waals surface area (Å²) in [5, 5.41) is 6.80. The molecule has 1 atom stereocenters. The number of benzene rings is 1. The van der Waals surface area contributed by atoms with Gasteiger partial charge in [-0.3, -0.25) is 0 Å². The van der Waals surface area contributed by atoms with Crippen LogP contribution in [0.25, 0.3) is 10.6 Å². The average molecular weight is 338 g/mol. The van der Waals surface area contributed by atoms with Crippen molar-refractivity contribution in [1.29, 1.82) is 0 Å². The molecule has 0 amide bonds. The standard InChI is InChI=1S/C14H16BrN3S/c1-18-6-5-16-12(8-18)13-9-19-14(17-13)10-3-2-4-11(15)7-10/h2-4,7,9,12,16H,5-6,8H2,1H3. The first kappa shape index (κ1) is 13.2. The molecule has 5 heteroatoms. The second-order valence-electron chi connectivity index (χ2n) is 4.86. The minimum Gasteiger partial charge on any atom is -0.306 e. The van der Waals surface area contributed by atoms with Crippen LogP contribution < -0.4 is 5.32 Å². The fraction of sp³-hybridized carbons (Fsp3) is 0.357. The predicted octanol–water partition coefficient (Wildman–Crippen LogP) is 3.15. The number of aromatic nitrogens is 1. The monoisotopic (exact) mass is 337 g/mol. The number of likely N-dealkylation sites (N-methyl/N-ethyl adjacent to an activating group) is 1. The predicted molar refractivity (Wildman–Crippen MR) is 83.5 cm³/mol. The number of piperazine rings is 1. The number of nitrogens with zero attached hydrogens (tertiary/aromatic N) is 2. The molecular weight excluding hydrogens is 322 g/mol. The highest BCUT2D eigenvalue weighted by atomic mass is 79.9. The van der Waals surface area contributed by atoms with Gasteiger partial charge >= 0.3 is 0 Å². The van der Waals surface area contributed by atoms with Crippen LogP contribution in [0.4, 0.5) is 0 Å². The summed E-state index contributed by atoms with van der Waals surface area (Å²) < 4.78 is 1.09. The van der Waals surface area contributed by atoms with Crippen LogP contribution in [-0.2, 0) is 0 Å². The van der Waals surface area contributed by atoms with E-state index < -0.39 is 0 Å². The molecule has 0 aliphatic carbocycles. The molecule has 1 aromatic carbocycles. The van der Waals surface area contributed by atoms with Gasteiger partial charge in [0.25, 0.3) is 0 Å². The molecule has 19 heavy (non-hydrogen) atoms. The van der Waals surface area contributed by atoms with E-state index in [1.54, 1.807) is 11.3 Å². The molecule has 2 aromatic rings. The van der Waals surface area contributed by atoms with Crippen molar-refractivity contribution >= 4 is 27.3 Å². The quantitative estimate of drug-likeness (QED) is 0.912.